The van der Waals surface area contributed by atoms with Gasteiger partial charge in [-0.15, -0.1) is 0 Å². The van der Waals surface area contributed by atoms with Crippen LogP contribution in [0.4, 0.5) is 8.78 Å². The van der Waals surface area contributed by atoms with Gasteiger partial charge in [0, 0.05) is 18.7 Å². The van der Waals surface area contributed by atoms with Crippen LogP contribution in [0.25, 0.3) is 0 Å². The summed E-state index contributed by atoms with van der Waals surface area (Å²) in [6, 6.07) is 2.26. The fourth-order valence-electron chi connectivity index (χ4n) is 1.49. The summed E-state index contributed by atoms with van der Waals surface area (Å²) < 4.78 is 26.7. The second kappa shape index (κ2) is 3.25. The molecular weight excluding hydrogens is 254 g/mol. The van der Waals surface area contributed by atoms with Crippen molar-refractivity contribution in [2.24, 2.45) is 5.73 Å². The quantitative estimate of drug-likeness (QED) is 0.753. The Kier molecular flexibility index (Phi) is 2.33. The molecular formula is C9H9BrF2N2. The third-order valence-corrected chi connectivity index (χ3v) is 3.03. The van der Waals surface area contributed by atoms with Crippen LogP contribution in [0.15, 0.2) is 16.6 Å². The lowest BCUT2D eigenvalue weighted by molar-refractivity contribution is 0.276. The standard InChI is InChI=1S/C9H9BrF2N2/c10-6-2-7(11)5(1-8(6)12)9(13)3-14-4-9/h1-2,14H,3-4,13H2. The van der Waals surface area contributed by atoms with Gasteiger partial charge < -0.3 is 11.1 Å². The van der Waals surface area contributed by atoms with E-state index in [0.29, 0.717) is 13.1 Å². The normalized spacial score (nSPS) is 19.1. The van der Waals surface area contributed by atoms with Crippen molar-refractivity contribution >= 4 is 15.9 Å². The van der Waals surface area contributed by atoms with Crippen LogP contribution in [0.5, 0.6) is 0 Å². The molecule has 2 nitrogen and oxygen atoms in total. The van der Waals surface area contributed by atoms with Crippen LogP contribution in [0.3, 0.4) is 0 Å². The molecule has 0 aliphatic carbocycles. The Bertz CT molecular complexity index is 377. The molecule has 1 saturated heterocycles. The second-order valence-electron chi connectivity index (χ2n) is 3.51. The first kappa shape index (κ1) is 10.0. The van der Waals surface area contributed by atoms with E-state index in [1.165, 1.54) is 0 Å². The zero-order valence-electron chi connectivity index (χ0n) is 7.28. The zero-order valence-corrected chi connectivity index (χ0v) is 8.87. The Labute approximate surface area is 88.6 Å². The van der Waals surface area contributed by atoms with Crippen molar-refractivity contribution in [2.45, 2.75) is 5.54 Å². The second-order valence-corrected chi connectivity index (χ2v) is 4.36. The maximum atomic E-state index is 13.4. The first-order valence-corrected chi connectivity index (χ1v) is 4.97. The molecule has 1 aliphatic heterocycles. The number of nitrogens with one attached hydrogen (secondary N) is 1. The van der Waals surface area contributed by atoms with E-state index < -0.39 is 17.2 Å². The number of hydrogen-bond donors (Lipinski definition) is 2. The van der Waals surface area contributed by atoms with E-state index in [0.717, 1.165) is 12.1 Å². The van der Waals surface area contributed by atoms with Crippen molar-refractivity contribution in [1.82, 2.24) is 5.32 Å². The smallest absolute Gasteiger partial charge is 0.137 e. The largest absolute Gasteiger partial charge is 0.319 e. The van der Waals surface area contributed by atoms with E-state index in [2.05, 4.69) is 21.2 Å². The van der Waals surface area contributed by atoms with E-state index in [1.807, 2.05) is 0 Å². The molecule has 1 aliphatic rings. The summed E-state index contributed by atoms with van der Waals surface area (Å²) >= 11 is 2.92. The van der Waals surface area contributed by atoms with E-state index in [4.69, 9.17) is 5.73 Å². The minimum Gasteiger partial charge on any atom is -0.319 e. The summed E-state index contributed by atoms with van der Waals surface area (Å²) in [5, 5.41) is 2.94. The predicted octanol–water partition coefficient (Wildman–Crippen LogP) is 1.48. The molecule has 1 heterocycles. The number of benzene rings is 1. The highest BCUT2D eigenvalue weighted by Gasteiger charge is 2.37. The molecule has 1 aromatic carbocycles. The van der Waals surface area contributed by atoms with Gasteiger partial charge in [0.15, 0.2) is 0 Å². The van der Waals surface area contributed by atoms with Gasteiger partial charge >= 0.3 is 0 Å². The Hall–Kier alpha value is -0.520. The minimum atomic E-state index is -0.758. The molecule has 14 heavy (non-hydrogen) atoms. The van der Waals surface area contributed by atoms with Crippen LogP contribution in [-0.2, 0) is 5.54 Å². The fraction of sp³-hybridized carbons (Fsp3) is 0.333. The average molecular weight is 263 g/mol. The molecule has 2 rings (SSSR count). The Morgan fingerprint density at radius 1 is 1.29 bits per heavy atom. The summed E-state index contributed by atoms with van der Waals surface area (Å²) in [5.74, 6) is -0.958. The van der Waals surface area contributed by atoms with Gasteiger partial charge in [0.1, 0.15) is 11.6 Å². The van der Waals surface area contributed by atoms with E-state index in [1.54, 1.807) is 0 Å². The van der Waals surface area contributed by atoms with Crippen molar-refractivity contribution in [2.75, 3.05) is 13.1 Å². The highest BCUT2D eigenvalue weighted by molar-refractivity contribution is 9.10. The molecule has 0 spiro atoms. The van der Waals surface area contributed by atoms with Crippen LogP contribution in [0.2, 0.25) is 0 Å². The van der Waals surface area contributed by atoms with Crippen molar-refractivity contribution in [3.63, 3.8) is 0 Å². The topological polar surface area (TPSA) is 38.0 Å². The maximum Gasteiger partial charge on any atom is 0.137 e. The first-order valence-electron chi connectivity index (χ1n) is 4.17. The van der Waals surface area contributed by atoms with Crippen molar-refractivity contribution < 1.29 is 8.78 Å². The monoisotopic (exact) mass is 262 g/mol. The molecule has 0 atom stereocenters. The van der Waals surface area contributed by atoms with Crippen LogP contribution in [0.1, 0.15) is 5.56 Å². The summed E-state index contributed by atoms with van der Waals surface area (Å²) in [6.45, 7) is 0.954. The highest BCUT2D eigenvalue weighted by Crippen LogP contribution is 2.28. The van der Waals surface area contributed by atoms with Gasteiger partial charge in [-0.2, -0.15) is 0 Å². The number of rotatable bonds is 1. The van der Waals surface area contributed by atoms with Gasteiger partial charge in [-0.05, 0) is 28.1 Å². The molecule has 76 valence electrons. The van der Waals surface area contributed by atoms with Gasteiger partial charge in [0.25, 0.3) is 0 Å². The van der Waals surface area contributed by atoms with Crippen molar-refractivity contribution in [3.05, 3.63) is 33.8 Å². The molecule has 0 bridgehead atoms. The molecule has 0 amide bonds. The summed E-state index contributed by atoms with van der Waals surface area (Å²) in [7, 11) is 0. The van der Waals surface area contributed by atoms with Crippen molar-refractivity contribution in [1.29, 1.82) is 0 Å². The maximum absolute atomic E-state index is 13.4. The van der Waals surface area contributed by atoms with Gasteiger partial charge in [-0.25, -0.2) is 8.78 Å². The third-order valence-electron chi connectivity index (χ3n) is 2.43. The van der Waals surface area contributed by atoms with Crippen LogP contribution >= 0.6 is 15.9 Å². The summed E-state index contributed by atoms with van der Waals surface area (Å²) in [6.07, 6.45) is 0. The van der Waals surface area contributed by atoms with Crippen LogP contribution in [0, 0.1) is 11.6 Å². The van der Waals surface area contributed by atoms with Gasteiger partial charge in [-0.3, -0.25) is 0 Å². The zero-order chi connectivity index (χ0) is 10.3. The number of hydrogen-bond acceptors (Lipinski definition) is 2. The molecule has 0 saturated carbocycles. The summed E-state index contributed by atoms with van der Waals surface area (Å²) in [5.41, 5.74) is 5.33. The highest BCUT2D eigenvalue weighted by atomic mass is 79.9. The molecule has 0 aromatic heterocycles. The molecule has 5 heteroatoms. The van der Waals surface area contributed by atoms with Crippen molar-refractivity contribution in [3.8, 4) is 0 Å². The van der Waals surface area contributed by atoms with Gasteiger partial charge in [-0.1, -0.05) is 0 Å². The lowest BCUT2D eigenvalue weighted by atomic mass is 9.85. The van der Waals surface area contributed by atoms with E-state index in [9.17, 15) is 8.78 Å². The lowest BCUT2D eigenvalue weighted by Gasteiger charge is -2.39. The lowest BCUT2D eigenvalue weighted by Crippen LogP contribution is -2.63. The fourth-order valence-corrected chi connectivity index (χ4v) is 1.80. The van der Waals surface area contributed by atoms with E-state index >= 15 is 0 Å². The van der Waals surface area contributed by atoms with Crippen LogP contribution in [-0.4, -0.2) is 13.1 Å². The molecule has 1 fully saturated rings. The number of nitrogens with two attached hydrogens (primary N) is 1. The molecule has 0 unspecified atom stereocenters. The Morgan fingerprint density at radius 2 is 1.93 bits per heavy atom. The first-order chi connectivity index (χ1) is 6.53. The average Bonchev–Trinajstić information content (AvgIpc) is 2.07. The number of halogens is 3. The SMILES string of the molecule is NC1(c2cc(F)c(Br)cc2F)CNC1. The minimum absolute atomic E-state index is 0.120. The van der Waals surface area contributed by atoms with E-state index in [-0.39, 0.29) is 10.0 Å². The Balaban J connectivity index is 2.48. The predicted molar refractivity (Wildman–Crippen MR) is 52.8 cm³/mol. The third kappa shape index (κ3) is 1.45. The van der Waals surface area contributed by atoms with Gasteiger partial charge in [0.05, 0.1) is 10.0 Å². The molecule has 1 aromatic rings. The molecule has 0 radical (unpaired) electrons. The summed E-state index contributed by atoms with van der Waals surface area (Å²) in [4.78, 5) is 0. The van der Waals surface area contributed by atoms with Gasteiger partial charge in [0.2, 0.25) is 0 Å². The Morgan fingerprint density at radius 3 is 2.43 bits per heavy atom. The van der Waals surface area contributed by atoms with Crippen LogP contribution < -0.4 is 11.1 Å². The molecule has 3 N–H and O–H groups in total.